The third kappa shape index (κ3) is 4.02. The fourth-order valence-corrected chi connectivity index (χ4v) is 3.52. The monoisotopic (exact) mass is 335 g/mol. The first-order valence-electron chi connectivity index (χ1n) is 7.47. The summed E-state index contributed by atoms with van der Waals surface area (Å²) >= 11 is 7.30. The first-order valence-corrected chi connectivity index (χ1v) is 8.73. The quantitative estimate of drug-likeness (QED) is 0.863. The van der Waals surface area contributed by atoms with Crippen LogP contribution in [0, 0.1) is 0 Å². The van der Waals surface area contributed by atoms with Crippen molar-refractivity contribution in [3.63, 3.8) is 0 Å². The van der Waals surface area contributed by atoms with Crippen LogP contribution in [0.1, 0.15) is 40.9 Å². The molecule has 1 aromatic heterocycles. The molecular weight excluding hydrogens is 318 g/mol. The van der Waals surface area contributed by atoms with E-state index in [1.807, 2.05) is 23.6 Å². The van der Waals surface area contributed by atoms with Crippen LogP contribution < -0.4 is 10.1 Å². The molecule has 0 aliphatic heterocycles. The summed E-state index contributed by atoms with van der Waals surface area (Å²) in [4.78, 5) is 12.9. The molecule has 3 rings (SSSR count). The summed E-state index contributed by atoms with van der Waals surface area (Å²) in [7, 11) is 0. The molecule has 1 saturated carbocycles. The van der Waals surface area contributed by atoms with Crippen molar-refractivity contribution in [1.82, 2.24) is 5.32 Å². The van der Waals surface area contributed by atoms with E-state index < -0.39 is 0 Å². The number of ether oxygens (including phenoxy) is 1. The standard InChI is InChI=1S/C17H18ClNO2S/c18-13-5-7-15(8-6-13)21-10-12-9-16(22-11-12)17(20)19-14-3-1-2-4-14/h5-9,11,14H,1-4,10H2,(H,19,20). The van der Waals surface area contributed by atoms with E-state index in [1.165, 1.54) is 24.2 Å². The highest BCUT2D eigenvalue weighted by atomic mass is 35.5. The third-order valence-corrected chi connectivity index (χ3v) is 5.02. The van der Waals surface area contributed by atoms with Crippen molar-refractivity contribution in [2.45, 2.75) is 38.3 Å². The number of thiophene rings is 1. The summed E-state index contributed by atoms with van der Waals surface area (Å²) in [6.45, 7) is 0.453. The average Bonchev–Trinajstić information content (AvgIpc) is 3.18. The van der Waals surface area contributed by atoms with Gasteiger partial charge in [-0.05, 0) is 48.6 Å². The van der Waals surface area contributed by atoms with E-state index in [0.717, 1.165) is 29.0 Å². The van der Waals surface area contributed by atoms with Gasteiger partial charge in [0, 0.05) is 16.6 Å². The normalized spacial score (nSPS) is 15.0. The largest absolute Gasteiger partial charge is 0.489 e. The Labute approximate surface area is 139 Å². The van der Waals surface area contributed by atoms with Gasteiger partial charge in [0.2, 0.25) is 0 Å². The zero-order valence-electron chi connectivity index (χ0n) is 12.2. The van der Waals surface area contributed by atoms with E-state index in [1.54, 1.807) is 12.1 Å². The lowest BCUT2D eigenvalue weighted by Crippen LogP contribution is -2.31. The Hall–Kier alpha value is -1.52. The van der Waals surface area contributed by atoms with Gasteiger partial charge in [0.15, 0.2) is 0 Å². The number of halogens is 1. The Morgan fingerprint density at radius 3 is 2.73 bits per heavy atom. The molecule has 1 fully saturated rings. The maximum absolute atomic E-state index is 12.2. The summed E-state index contributed by atoms with van der Waals surface area (Å²) in [5, 5.41) is 5.76. The van der Waals surface area contributed by atoms with Crippen molar-refractivity contribution in [3.05, 3.63) is 51.2 Å². The summed E-state index contributed by atoms with van der Waals surface area (Å²) in [6.07, 6.45) is 4.64. The van der Waals surface area contributed by atoms with E-state index in [0.29, 0.717) is 17.7 Å². The summed E-state index contributed by atoms with van der Waals surface area (Å²) < 4.78 is 5.69. The molecule has 1 aliphatic carbocycles. The fraction of sp³-hybridized carbons (Fsp3) is 0.353. The van der Waals surface area contributed by atoms with Crippen molar-refractivity contribution < 1.29 is 9.53 Å². The molecular formula is C17H18ClNO2S. The lowest BCUT2D eigenvalue weighted by molar-refractivity contribution is 0.0942. The Kier molecular flexibility index (Phi) is 5.01. The van der Waals surface area contributed by atoms with Crippen LogP contribution in [0.2, 0.25) is 5.02 Å². The maximum Gasteiger partial charge on any atom is 0.261 e. The molecule has 1 N–H and O–H groups in total. The van der Waals surface area contributed by atoms with Crippen LogP contribution >= 0.6 is 22.9 Å². The predicted molar refractivity (Wildman–Crippen MR) is 89.8 cm³/mol. The highest BCUT2D eigenvalue weighted by Crippen LogP contribution is 2.21. The van der Waals surface area contributed by atoms with Gasteiger partial charge in [-0.2, -0.15) is 0 Å². The number of hydrogen-bond acceptors (Lipinski definition) is 3. The van der Waals surface area contributed by atoms with Crippen LogP contribution in [-0.4, -0.2) is 11.9 Å². The second-order valence-electron chi connectivity index (χ2n) is 5.52. The zero-order chi connectivity index (χ0) is 15.4. The molecule has 0 atom stereocenters. The van der Waals surface area contributed by atoms with Gasteiger partial charge >= 0.3 is 0 Å². The molecule has 1 aromatic carbocycles. The number of carbonyl (C=O) groups is 1. The van der Waals surface area contributed by atoms with Gasteiger partial charge in [-0.1, -0.05) is 24.4 Å². The topological polar surface area (TPSA) is 38.3 Å². The predicted octanol–water partition coefficient (Wildman–Crippen LogP) is 4.65. The molecule has 1 aliphatic rings. The second-order valence-corrected chi connectivity index (χ2v) is 6.86. The zero-order valence-corrected chi connectivity index (χ0v) is 13.8. The van der Waals surface area contributed by atoms with Crippen molar-refractivity contribution in [2.24, 2.45) is 0 Å². The van der Waals surface area contributed by atoms with Gasteiger partial charge in [-0.25, -0.2) is 0 Å². The number of rotatable bonds is 5. The van der Waals surface area contributed by atoms with Crippen LogP contribution in [-0.2, 0) is 6.61 Å². The smallest absolute Gasteiger partial charge is 0.261 e. The fourth-order valence-electron chi connectivity index (χ4n) is 2.59. The van der Waals surface area contributed by atoms with Crippen LogP contribution in [0.5, 0.6) is 5.75 Å². The molecule has 0 saturated heterocycles. The number of nitrogens with one attached hydrogen (secondary N) is 1. The van der Waals surface area contributed by atoms with E-state index in [2.05, 4.69) is 5.32 Å². The van der Waals surface area contributed by atoms with Crippen LogP contribution in [0.25, 0.3) is 0 Å². The molecule has 0 unspecified atom stereocenters. The van der Waals surface area contributed by atoms with Crippen LogP contribution in [0.4, 0.5) is 0 Å². The first-order chi connectivity index (χ1) is 10.7. The second kappa shape index (κ2) is 7.16. The first kappa shape index (κ1) is 15.4. The molecule has 2 aromatic rings. The highest BCUT2D eigenvalue weighted by Gasteiger charge is 2.18. The Morgan fingerprint density at radius 1 is 1.27 bits per heavy atom. The summed E-state index contributed by atoms with van der Waals surface area (Å²) in [5.41, 5.74) is 1.01. The molecule has 3 nitrogen and oxygen atoms in total. The minimum atomic E-state index is 0.0367. The maximum atomic E-state index is 12.2. The molecule has 5 heteroatoms. The van der Waals surface area contributed by atoms with E-state index >= 15 is 0 Å². The molecule has 116 valence electrons. The van der Waals surface area contributed by atoms with Gasteiger partial charge in [0.05, 0.1) is 4.88 Å². The van der Waals surface area contributed by atoms with Gasteiger partial charge in [-0.15, -0.1) is 11.3 Å². The van der Waals surface area contributed by atoms with Crippen molar-refractivity contribution >= 4 is 28.8 Å². The van der Waals surface area contributed by atoms with Crippen LogP contribution in [0.15, 0.2) is 35.7 Å². The van der Waals surface area contributed by atoms with E-state index in [4.69, 9.17) is 16.3 Å². The molecule has 1 heterocycles. The number of carbonyl (C=O) groups excluding carboxylic acids is 1. The third-order valence-electron chi connectivity index (χ3n) is 3.79. The number of amides is 1. The van der Waals surface area contributed by atoms with E-state index in [9.17, 15) is 4.79 Å². The Morgan fingerprint density at radius 2 is 2.00 bits per heavy atom. The van der Waals surface area contributed by atoms with Crippen molar-refractivity contribution in [2.75, 3.05) is 0 Å². The number of hydrogen-bond donors (Lipinski definition) is 1. The van der Waals surface area contributed by atoms with E-state index in [-0.39, 0.29) is 5.91 Å². The Balaban J connectivity index is 1.54. The summed E-state index contributed by atoms with van der Waals surface area (Å²) in [5.74, 6) is 0.808. The lowest BCUT2D eigenvalue weighted by atomic mass is 10.2. The van der Waals surface area contributed by atoms with Crippen molar-refractivity contribution in [3.8, 4) is 5.75 Å². The SMILES string of the molecule is O=C(NC1CCCC1)c1cc(COc2ccc(Cl)cc2)cs1. The lowest BCUT2D eigenvalue weighted by Gasteiger charge is -2.10. The molecule has 1 amide bonds. The molecule has 0 bridgehead atoms. The van der Waals surface area contributed by atoms with Gasteiger partial charge in [0.1, 0.15) is 12.4 Å². The number of benzene rings is 1. The van der Waals surface area contributed by atoms with Gasteiger partial charge in [0.25, 0.3) is 5.91 Å². The van der Waals surface area contributed by atoms with Crippen LogP contribution in [0.3, 0.4) is 0 Å². The minimum Gasteiger partial charge on any atom is -0.489 e. The van der Waals surface area contributed by atoms with Crippen molar-refractivity contribution in [1.29, 1.82) is 0 Å². The molecule has 22 heavy (non-hydrogen) atoms. The highest BCUT2D eigenvalue weighted by molar-refractivity contribution is 7.12. The van der Waals surface area contributed by atoms with Gasteiger partial charge < -0.3 is 10.1 Å². The molecule has 0 radical (unpaired) electrons. The van der Waals surface area contributed by atoms with Gasteiger partial charge in [-0.3, -0.25) is 4.79 Å². The average molecular weight is 336 g/mol. The Bertz CT molecular complexity index is 632. The summed E-state index contributed by atoms with van der Waals surface area (Å²) in [6, 6.07) is 9.52. The molecule has 0 spiro atoms. The minimum absolute atomic E-state index is 0.0367.